The molecule has 0 radical (unpaired) electrons. The van der Waals surface area contributed by atoms with Crippen molar-refractivity contribution in [1.82, 2.24) is 9.88 Å². The van der Waals surface area contributed by atoms with Crippen molar-refractivity contribution < 1.29 is 9.53 Å². The number of ether oxygens (including phenoxy) is 1. The van der Waals surface area contributed by atoms with E-state index in [1.807, 2.05) is 55.5 Å². The smallest absolute Gasteiger partial charge is 0.246 e. The van der Waals surface area contributed by atoms with Crippen molar-refractivity contribution in [3.05, 3.63) is 65.2 Å². The third kappa shape index (κ3) is 4.25. The average Bonchev–Trinajstić information content (AvgIpc) is 3.03. The number of hydrogen-bond acceptors (Lipinski definition) is 4. The highest BCUT2D eigenvalue weighted by molar-refractivity contribution is 7.18. The summed E-state index contributed by atoms with van der Waals surface area (Å²) in [7, 11) is 1.78. The van der Waals surface area contributed by atoms with E-state index >= 15 is 0 Å². The standard InChI is InChI=1S/C20H20N2O2S/c1-3-24-17-10-6-4-8-15(17)12-13-20(23)22(2)14-19-21-16-9-5-7-11-18(16)25-19/h4-13H,3,14H2,1-2H3/b13-12+. The SMILES string of the molecule is CCOc1ccccc1/C=C/C(=O)N(C)Cc1nc2ccccc2s1. The number of hydrogen-bond donors (Lipinski definition) is 0. The van der Waals surface area contributed by atoms with E-state index in [-0.39, 0.29) is 5.91 Å². The number of fused-ring (bicyclic) bond motifs is 1. The lowest BCUT2D eigenvalue weighted by Gasteiger charge is -2.13. The maximum absolute atomic E-state index is 12.4. The molecule has 4 nitrogen and oxygen atoms in total. The van der Waals surface area contributed by atoms with Crippen molar-refractivity contribution in [3.63, 3.8) is 0 Å². The molecular formula is C20H20N2O2S. The molecule has 0 fully saturated rings. The summed E-state index contributed by atoms with van der Waals surface area (Å²) in [4.78, 5) is 18.6. The number of thiazole rings is 1. The molecule has 128 valence electrons. The number of rotatable bonds is 6. The second kappa shape index (κ2) is 7.94. The minimum Gasteiger partial charge on any atom is -0.493 e. The Morgan fingerprint density at radius 3 is 2.76 bits per heavy atom. The Morgan fingerprint density at radius 2 is 1.96 bits per heavy atom. The number of para-hydroxylation sites is 2. The Balaban J connectivity index is 1.68. The van der Waals surface area contributed by atoms with E-state index in [2.05, 4.69) is 4.98 Å². The quantitative estimate of drug-likeness (QED) is 0.619. The van der Waals surface area contributed by atoms with Gasteiger partial charge in [0, 0.05) is 18.7 Å². The molecule has 0 aliphatic heterocycles. The van der Waals surface area contributed by atoms with Crippen LogP contribution in [0, 0.1) is 0 Å². The van der Waals surface area contributed by atoms with E-state index in [4.69, 9.17) is 4.74 Å². The van der Waals surface area contributed by atoms with Gasteiger partial charge in [-0.3, -0.25) is 4.79 Å². The minimum absolute atomic E-state index is 0.0643. The zero-order valence-electron chi connectivity index (χ0n) is 14.3. The first-order chi connectivity index (χ1) is 12.2. The van der Waals surface area contributed by atoms with E-state index in [9.17, 15) is 4.79 Å². The first-order valence-corrected chi connectivity index (χ1v) is 8.98. The van der Waals surface area contributed by atoms with Crippen LogP contribution in [-0.2, 0) is 11.3 Å². The van der Waals surface area contributed by atoms with Crippen molar-refractivity contribution in [1.29, 1.82) is 0 Å². The van der Waals surface area contributed by atoms with Crippen molar-refractivity contribution >= 4 is 33.5 Å². The summed E-state index contributed by atoms with van der Waals surface area (Å²) >= 11 is 1.62. The van der Waals surface area contributed by atoms with Gasteiger partial charge in [-0.05, 0) is 31.2 Å². The summed E-state index contributed by atoms with van der Waals surface area (Å²) in [5.74, 6) is 0.716. The molecule has 3 rings (SSSR count). The van der Waals surface area contributed by atoms with Crippen molar-refractivity contribution in [2.45, 2.75) is 13.5 Å². The molecule has 0 aliphatic carbocycles. The van der Waals surface area contributed by atoms with Crippen LogP contribution in [0.4, 0.5) is 0 Å². The molecule has 0 saturated heterocycles. The molecule has 1 heterocycles. The number of nitrogens with zero attached hydrogens (tertiary/aromatic N) is 2. The topological polar surface area (TPSA) is 42.4 Å². The fourth-order valence-electron chi connectivity index (χ4n) is 2.46. The Bertz CT molecular complexity index is 868. The van der Waals surface area contributed by atoms with E-state index in [1.165, 1.54) is 0 Å². The number of carbonyl (C=O) groups excluding carboxylic acids is 1. The summed E-state index contributed by atoms with van der Waals surface area (Å²) in [5.41, 5.74) is 1.87. The van der Waals surface area contributed by atoms with Crippen LogP contribution < -0.4 is 4.74 Å². The maximum Gasteiger partial charge on any atom is 0.246 e. The van der Waals surface area contributed by atoms with Crippen LogP contribution >= 0.6 is 11.3 Å². The monoisotopic (exact) mass is 352 g/mol. The molecule has 5 heteroatoms. The molecule has 1 amide bonds. The van der Waals surface area contributed by atoms with Crippen LogP contribution in [0.15, 0.2) is 54.6 Å². The minimum atomic E-state index is -0.0643. The van der Waals surface area contributed by atoms with E-state index in [0.29, 0.717) is 13.2 Å². The van der Waals surface area contributed by atoms with E-state index in [1.54, 1.807) is 35.4 Å². The molecule has 2 aromatic carbocycles. The van der Waals surface area contributed by atoms with Crippen molar-refractivity contribution in [2.75, 3.05) is 13.7 Å². The van der Waals surface area contributed by atoms with Gasteiger partial charge in [-0.1, -0.05) is 30.3 Å². The summed E-state index contributed by atoms with van der Waals surface area (Å²) < 4.78 is 6.71. The second-order valence-electron chi connectivity index (χ2n) is 5.57. The van der Waals surface area contributed by atoms with Gasteiger partial charge in [-0.15, -0.1) is 11.3 Å². The van der Waals surface area contributed by atoms with Crippen LogP contribution in [0.2, 0.25) is 0 Å². The highest BCUT2D eigenvalue weighted by atomic mass is 32.1. The van der Waals surface area contributed by atoms with Crippen molar-refractivity contribution in [2.24, 2.45) is 0 Å². The van der Waals surface area contributed by atoms with Gasteiger partial charge >= 0.3 is 0 Å². The first kappa shape index (κ1) is 17.2. The predicted octanol–water partition coefficient (Wildman–Crippen LogP) is 4.37. The zero-order valence-corrected chi connectivity index (χ0v) is 15.1. The molecule has 25 heavy (non-hydrogen) atoms. The number of aromatic nitrogens is 1. The fraction of sp³-hybridized carbons (Fsp3) is 0.200. The largest absolute Gasteiger partial charge is 0.493 e. The van der Waals surface area contributed by atoms with Crippen LogP contribution in [0.25, 0.3) is 16.3 Å². The molecule has 0 bridgehead atoms. The highest BCUT2D eigenvalue weighted by Gasteiger charge is 2.10. The molecule has 0 aliphatic rings. The second-order valence-corrected chi connectivity index (χ2v) is 6.69. The van der Waals surface area contributed by atoms with Gasteiger partial charge in [0.15, 0.2) is 0 Å². The Kier molecular flexibility index (Phi) is 5.46. The molecule has 0 N–H and O–H groups in total. The van der Waals surface area contributed by atoms with Crippen LogP contribution in [0.5, 0.6) is 5.75 Å². The van der Waals surface area contributed by atoms with Gasteiger partial charge in [0.05, 0.1) is 23.4 Å². The Labute approximate surface area is 151 Å². The number of carbonyl (C=O) groups is 1. The lowest BCUT2D eigenvalue weighted by Crippen LogP contribution is -2.23. The lowest BCUT2D eigenvalue weighted by atomic mass is 10.2. The third-order valence-corrected chi connectivity index (χ3v) is 4.73. The van der Waals surface area contributed by atoms with Gasteiger partial charge in [0.2, 0.25) is 5.91 Å². The van der Waals surface area contributed by atoms with Crippen LogP contribution in [0.1, 0.15) is 17.5 Å². The number of benzene rings is 2. The van der Waals surface area contributed by atoms with Crippen LogP contribution in [0.3, 0.4) is 0 Å². The highest BCUT2D eigenvalue weighted by Crippen LogP contribution is 2.23. The number of likely N-dealkylation sites (N-methyl/N-ethyl adjacent to an activating group) is 1. The molecule has 0 atom stereocenters. The normalized spacial score (nSPS) is 11.1. The Hall–Kier alpha value is -2.66. The third-order valence-electron chi connectivity index (χ3n) is 3.71. The van der Waals surface area contributed by atoms with Crippen LogP contribution in [-0.4, -0.2) is 29.4 Å². The maximum atomic E-state index is 12.4. The molecule has 0 unspecified atom stereocenters. The van der Waals surface area contributed by atoms with Gasteiger partial charge in [0.1, 0.15) is 10.8 Å². The van der Waals surface area contributed by atoms with E-state index < -0.39 is 0 Å². The van der Waals surface area contributed by atoms with Crippen molar-refractivity contribution in [3.8, 4) is 5.75 Å². The molecule has 0 saturated carbocycles. The van der Waals surface area contributed by atoms with Gasteiger partial charge in [0.25, 0.3) is 0 Å². The lowest BCUT2D eigenvalue weighted by molar-refractivity contribution is -0.125. The molecule has 0 spiro atoms. The summed E-state index contributed by atoms with van der Waals surface area (Å²) in [6.07, 6.45) is 3.37. The summed E-state index contributed by atoms with van der Waals surface area (Å²) in [6, 6.07) is 15.7. The van der Waals surface area contributed by atoms with Gasteiger partial charge in [-0.25, -0.2) is 4.98 Å². The van der Waals surface area contributed by atoms with Gasteiger partial charge < -0.3 is 9.64 Å². The van der Waals surface area contributed by atoms with E-state index in [0.717, 1.165) is 26.5 Å². The summed E-state index contributed by atoms with van der Waals surface area (Å²) in [5, 5.41) is 0.931. The number of amides is 1. The molecule has 1 aromatic heterocycles. The first-order valence-electron chi connectivity index (χ1n) is 8.17. The zero-order chi connectivity index (χ0) is 17.6. The Morgan fingerprint density at radius 1 is 1.20 bits per heavy atom. The fourth-order valence-corrected chi connectivity index (χ4v) is 3.48. The average molecular weight is 352 g/mol. The molecule has 3 aromatic rings. The summed E-state index contributed by atoms with van der Waals surface area (Å²) in [6.45, 7) is 3.03. The predicted molar refractivity (Wildman–Crippen MR) is 103 cm³/mol. The molecular weight excluding hydrogens is 332 g/mol. The van der Waals surface area contributed by atoms with Gasteiger partial charge in [-0.2, -0.15) is 0 Å².